The molecule has 1 N–H and O–H groups in total. The van der Waals surface area contributed by atoms with Gasteiger partial charge in [-0.05, 0) is 38.0 Å². The van der Waals surface area contributed by atoms with Gasteiger partial charge < -0.3 is 10.2 Å². The lowest BCUT2D eigenvalue weighted by Crippen LogP contribution is -2.45. The fourth-order valence-electron chi connectivity index (χ4n) is 2.55. The third-order valence-corrected chi connectivity index (χ3v) is 3.84. The standard InChI is InChI=1S/C16H19N5O/c1-12-3-4-13(11-19-12)15(22)20-14-5-9-21(10-6-14)16-17-7-2-8-18-16/h2-4,7-8,11,14H,5-6,9-10H2,1H3,(H,20,22). The molecule has 0 saturated carbocycles. The third-order valence-electron chi connectivity index (χ3n) is 3.84. The number of anilines is 1. The predicted molar refractivity (Wildman–Crippen MR) is 83.7 cm³/mol. The van der Waals surface area contributed by atoms with Gasteiger partial charge in [0.25, 0.3) is 5.91 Å². The Morgan fingerprint density at radius 3 is 2.55 bits per heavy atom. The Labute approximate surface area is 129 Å². The first kappa shape index (κ1) is 14.4. The average molecular weight is 297 g/mol. The highest BCUT2D eigenvalue weighted by Gasteiger charge is 2.22. The van der Waals surface area contributed by atoms with E-state index in [9.17, 15) is 4.79 Å². The van der Waals surface area contributed by atoms with Crippen molar-refractivity contribution in [3.8, 4) is 0 Å². The molecule has 6 heteroatoms. The molecule has 2 aromatic rings. The average Bonchev–Trinajstić information content (AvgIpc) is 2.57. The largest absolute Gasteiger partial charge is 0.349 e. The molecule has 114 valence electrons. The molecule has 3 heterocycles. The smallest absolute Gasteiger partial charge is 0.253 e. The molecule has 0 aliphatic carbocycles. The summed E-state index contributed by atoms with van der Waals surface area (Å²) in [6.07, 6.45) is 6.91. The van der Waals surface area contributed by atoms with E-state index in [-0.39, 0.29) is 11.9 Å². The molecule has 0 aromatic carbocycles. The van der Waals surface area contributed by atoms with Crippen LogP contribution in [-0.2, 0) is 0 Å². The first-order chi connectivity index (χ1) is 10.7. The lowest BCUT2D eigenvalue weighted by molar-refractivity contribution is 0.0930. The van der Waals surface area contributed by atoms with Crippen LogP contribution < -0.4 is 10.2 Å². The Morgan fingerprint density at radius 1 is 1.18 bits per heavy atom. The van der Waals surface area contributed by atoms with E-state index in [1.54, 1.807) is 18.6 Å². The lowest BCUT2D eigenvalue weighted by Gasteiger charge is -2.32. The maximum atomic E-state index is 12.2. The molecule has 22 heavy (non-hydrogen) atoms. The summed E-state index contributed by atoms with van der Waals surface area (Å²) in [6, 6.07) is 5.66. The Bertz CT molecular complexity index is 621. The molecule has 0 atom stereocenters. The van der Waals surface area contributed by atoms with E-state index < -0.39 is 0 Å². The van der Waals surface area contributed by atoms with Gasteiger partial charge in [0.2, 0.25) is 5.95 Å². The second-order valence-corrected chi connectivity index (χ2v) is 5.47. The van der Waals surface area contributed by atoms with Crippen LogP contribution in [0.1, 0.15) is 28.9 Å². The van der Waals surface area contributed by atoms with E-state index in [1.807, 2.05) is 25.1 Å². The van der Waals surface area contributed by atoms with Crippen LogP contribution in [0.5, 0.6) is 0 Å². The van der Waals surface area contributed by atoms with Crippen molar-refractivity contribution in [1.82, 2.24) is 20.3 Å². The zero-order chi connectivity index (χ0) is 15.4. The Hall–Kier alpha value is -2.50. The van der Waals surface area contributed by atoms with Crippen LogP contribution in [0.3, 0.4) is 0 Å². The number of carbonyl (C=O) groups excluding carboxylic acids is 1. The van der Waals surface area contributed by atoms with E-state index >= 15 is 0 Å². The number of hydrogen-bond acceptors (Lipinski definition) is 5. The van der Waals surface area contributed by atoms with Gasteiger partial charge in [0.05, 0.1) is 5.56 Å². The van der Waals surface area contributed by atoms with Crippen LogP contribution >= 0.6 is 0 Å². The summed E-state index contributed by atoms with van der Waals surface area (Å²) in [5.41, 5.74) is 1.52. The van der Waals surface area contributed by atoms with Gasteiger partial charge in [-0.1, -0.05) is 0 Å². The van der Waals surface area contributed by atoms with E-state index in [0.29, 0.717) is 5.56 Å². The highest BCUT2D eigenvalue weighted by atomic mass is 16.1. The number of hydrogen-bond donors (Lipinski definition) is 1. The highest BCUT2D eigenvalue weighted by molar-refractivity contribution is 5.94. The number of amides is 1. The molecule has 1 aliphatic rings. The van der Waals surface area contributed by atoms with Gasteiger partial charge in [0.1, 0.15) is 0 Å². The van der Waals surface area contributed by atoms with Crippen LogP contribution in [0.4, 0.5) is 5.95 Å². The number of carbonyl (C=O) groups is 1. The van der Waals surface area contributed by atoms with E-state index in [2.05, 4.69) is 25.2 Å². The maximum Gasteiger partial charge on any atom is 0.253 e. The fourth-order valence-corrected chi connectivity index (χ4v) is 2.55. The van der Waals surface area contributed by atoms with Crippen LogP contribution in [0.15, 0.2) is 36.8 Å². The minimum atomic E-state index is -0.0538. The van der Waals surface area contributed by atoms with Crippen molar-refractivity contribution in [3.63, 3.8) is 0 Å². The van der Waals surface area contributed by atoms with E-state index in [4.69, 9.17) is 0 Å². The summed E-state index contributed by atoms with van der Waals surface area (Å²) in [7, 11) is 0. The molecule has 1 aliphatic heterocycles. The van der Waals surface area contributed by atoms with Crippen LogP contribution in [0.2, 0.25) is 0 Å². The van der Waals surface area contributed by atoms with E-state index in [1.165, 1.54) is 0 Å². The minimum Gasteiger partial charge on any atom is -0.349 e. The molecular weight excluding hydrogens is 278 g/mol. The number of aryl methyl sites for hydroxylation is 1. The summed E-state index contributed by atoms with van der Waals surface area (Å²) in [4.78, 5) is 27.0. The summed E-state index contributed by atoms with van der Waals surface area (Å²) in [5, 5.41) is 3.08. The van der Waals surface area contributed by atoms with Crippen LogP contribution in [0, 0.1) is 6.92 Å². The molecule has 0 radical (unpaired) electrons. The SMILES string of the molecule is Cc1ccc(C(=O)NC2CCN(c3ncccn3)CC2)cn1. The summed E-state index contributed by atoms with van der Waals surface area (Å²) >= 11 is 0. The number of nitrogens with zero attached hydrogens (tertiary/aromatic N) is 4. The first-order valence-corrected chi connectivity index (χ1v) is 7.48. The zero-order valence-corrected chi connectivity index (χ0v) is 12.6. The molecule has 6 nitrogen and oxygen atoms in total. The Balaban J connectivity index is 1.53. The second-order valence-electron chi connectivity index (χ2n) is 5.47. The second kappa shape index (κ2) is 6.51. The van der Waals surface area contributed by atoms with Crippen molar-refractivity contribution in [3.05, 3.63) is 48.0 Å². The minimum absolute atomic E-state index is 0.0538. The van der Waals surface area contributed by atoms with Crippen molar-refractivity contribution in [1.29, 1.82) is 0 Å². The summed E-state index contributed by atoms with van der Waals surface area (Å²) in [5.74, 6) is 0.705. The van der Waals surface area contributed by atoms with Crippen molar-refractivity contribution in [2.75, 3.05) is 18.0 Å². The van der Waals surface area contributed by atoms with Crippen LogP contribution in [0.25, 0.3) is 0 Å². The molecule has 2 aromatic heterocycles. The molecule has 1 fully saturated rings. The number of rotatable bonds is 3. The topological polar surface area (TPSA) is 71.0 Å². The first-order valence-electron chi connectivity index (χ1n) is 7.48. The van der Waals surface area contributed by atoms with E-state index in [0.717, 1.165) is 37.6 Å². The van der Waals surface area contributed by atoms with Gasteiger partial charge in [-0.25, -0.2) is 9.97 Å². The summed E-state index contributed by atoms with van der Waals surface area (Å²) < 4.78 is 0. The van der Waals surface area contributed by atoms with Gasteiger partial charge >= 0.3 is 0 Å². The Morgan fingerprint density at radius 2 is 1.91 bits per heavy atom. The molecule has 0 spiro atoms. The number of pyridine rings is 1. The van der Waals surface area contributed by atoms with Crippen molar-refractivity contribution in [2.45, 2.75) is 25.8 Å². The van der Waals surface area contributed by atoms with Crippen molar-refractivity contribution in [2.24, 2.45) is 0 Å². The van der Waals surface area contributed by atoms with Gasteiger partial charge in [-0.3, -0.25) is 9.78 Å². The summed E-state index contributed by atoms with van der Waals surface area (Å²) in [6.45, 7) is 3.60. The fraction of sp³-hybridized carbons (Fsp3) is 0.375. The lowest BCUT2D eigenvalue weighted by atomic mass is 10.0. The van der Waals surface area contributed by atoms with Crippen molar-refractivity contribution >= 4 is 11.9 Å². The number of aromatic nitrogens is 3. The van der Waals surface area contributed by atoms with Gasteiger partial charge in [0.15, 0.2) is 0 Å². The predicted octanol–water partition coefficient (Wildman–Crippen LogP) is 1.58. The quantitative estimate of drug-likeness (QED) is 0.931. The van der Waals surface area contributed by atoms with Crippen LogP contribution in [-0.4, -0.2) is 40.0 Å². The highest BCUT2D eigenvalue weighted by Crippen LogP contribution is 2.15. The van der Waals surface area contributed by atoms with Gasteiger partial charge in [-0.15, -0.1) is 0 Å². The molecule has 1 saturated heterocycles. The monoisotopic (exact) mass is 297 g/mol. The number of piperidine rings is 1. The van der Waals surface area contributed by atoms with Gasteiger partial charge in [-0.2, -0.15) is 0 Å². The zero-order valence-electron chi connectivity index (χ0n) is 12.6. The van der Waals surface area contributed by atoms with Gasteiger partial charge in [0, 0.05) is 43.4 Å². The Kier molecular flexibility index (Phi) is 4.27. The molecule has 1 amide bonds. The maximum absolute atomic E-state index is 12.2. The molecule has 0 unspecified atom stereocenters. The number of nitrogens with one attached hydrogen (secondary N) is 1. The normalized spacial score (nSPS) is 15.6. The van der Waals surface area contributed by atoms with Crippen molar-refractivity contribution < 1.29 is 4.79 Å². The molecule has 0 bridgehead atoms. The molecular formula is C16H19N5O. The molecule has 3 rings (SSSR count). The third kappa shape index (κ3) is 3.39.